The molecule has 0 aromatic heterocycles. The fourth-order valence-corrected chi connectivity index (χ4v) is 3.70. The van der Waals surface area contributed by atoms with Crippen molar-refractivity contribution in [1.82, 2.24) is 4.31 Å². The van der Waals surface area contributed by atoms with Crippen LogP contribution in [0, 0.1) is 5.92 Å². The van der Waals surface area contributed by atoms with Crippen molar-refractivity contribution in [3.05, 3.63) is 29.8 Å². The molecule has 1 aromatic carbocycles. The van der Waals surface area contributed by atoms with Crippen LogP contribution in [0.5, 0.6) is 0 Å². The zero-order valence-corrected chi connectivity index (χ0v) is 14.9. The SMILES string of the molecule is CCC(C)c1ccc(NC(=O)C2CCN(S(C)(=O)=O)CC2)cc1. The number of carbonyl (C=O) groups excluding carboxylic acids is 1. The molecule has 1 heterocycles. The van der Waals surface area contributed by atoms with Gasteiger partial charge in [-0.1, -0.05) is 26.0 Å². The smallest absolute Gasteiger partial charge is 0.227 e. The predicted molar refractivity (Wildman–Crippen MR) is 92.9 cm³/mol. The fourth-order valence-electron chi connectivity index (χ4n) is 2.82. The average Bonchev–Trinajstić information content (AvgIpc) is 2.54. The van der Waals surface area contributed by atoms with E-state index in [1.54, 1.807) is 0 Å². The number of hydrogen-bond acceptors (Lipinski definition) is 3. The molecule has 1 atom stereocenters. The van der Waals surface area contributed by atoms with Crippen molar-refractivity contribution in [2.24, 2.45) is 5.92 Å². The van der Waals surface area contributed by atoms with Gasteiger partial charge in [-0.3, -0.25) is 4.79 Å². The summed E-state index contributed by atoms with van der Waals surface area (Å²) in [7, 11) is -3.15. The molecule has 1 amide bonds. The molecule has 2 rings (SSSR count). The molecular formula is C17H26N2O3S. The first-order valence-electron chi connectivity index (χ1n) is 8.17. The Balaban J connectivity index is 1.90. The van der Waals surface area contributed by atoms with Crippen molar-refractivity contribution in [3.8, 4) is 0 Å². The highest BCUT2D eigenvalue weighted by Crippen LogP contribution is 2.23. The molecule has 0 radical (unpaired) electrons. The van der Waals surface area contributed by atoms with Crippen molar-refractivity contribution in [2.45, 2.75) is 39.0 Å². The Labute approximate surface area is 139 Å². The zero-order chi connectivity index (χ0) is 17.0. The topological polar surface area (TPSA) is 66.5 Å². The van der Waals surface area contributed by atoms with Crippen LogP contribution < -0.4 is 5.32 Å². The molecular weight excluding hydrogens is 312 g/mol. The number of sulfonamides is 1. The lowest BCUT2D eigenvalue weighted by Gasteiger charge is -2.29. The summed E-state index contributed by atoms with van der Waals surface area (Å²) in [6.45, 7) is 5.18. The molecule has 1 fully saturated rings. The maximum Gasteiger partial charge on any atom is 0.227 e. The van der Waals surface area contributed by atoms with Gasteiger partial charge < -0.3 is 5.32 Å². The molecule has 0 saturated carbocycles. The molecule has 1 unspecified atom stereocenters. The minimum Gasteiger partial charge on any atom is -0.326 e. The van der Waals surface area contributed by atoms with Crippen molar-refractivity contribution < 1.29 is 13.2 Å². The Kier molecular flexibility index (Phi) is 5.81. The van der Waals surface area contributed by atoms with Gasteiger partial charge in [0.25, 0.3) is 0 Å². The van der Waals surface area contributed by atoms with E-state index < -0.39 is 10.0 Å². The predicted octanol–water partition coefficient (Wildman–Crippen LogP) is 2.81. The molecule has 23 heavy (non-hydrogen) atoms. The van der Waals surface area contributed by atoms with Crippen molar-refractivity contribution in [3.63, 3.8) is 0 Å². The highest BCUT2D eigenvalue weighted by atomic mass is 32.2. The quantitative estimate of drug-likeness (QED) is 0.898. The van der Waals surface area contributed by atoms with Crippen LogP contribution in [0.15, 0.2) is 24.3 Å². The van der Waals surface area contributed by atoms with Gasteiger partial charge in [-0.25, -0.2) is 12.7 Å². The number of carbonyl (C=O) groups is 1. The molecule has 1 aliphatic heterocycles. The van der Waals surface area contributed by atoms with Crippen molar-refractivity contribution in [2.75, 3.05) is 24.7 Å². The summed E-state index contributed by atoms with van der Waals surface area (Å²) in [4.78, 5) is 12.3. The molecule has 1 aromatic rings. The number of amides is 1. The number of hydrogen-bond donors (Lipinski definition) is 1. The lowest BCUT2D eigenvalue weighted by atomic mass is 9.96. The van der Waals surface area contributed by atoms with Gasteiger partial charge in [0, 0.05) is 24.7 Å². The van der Waals surface area contributed by atoms with Crippen LogP contribution in [0.4, 0.5) is 5.69 Å². The van der Waals surface area contributed by atoms with E-state index >= 15 is 0 Å². The van der Waals surface area contributed by atoms with Crippen LogP contribution >= 0.6 is 0 Å². The lowest BCUT2D eigenvalue weighted by Crippen LogP contribution is -2.40. The molecule has 0 bridgehead atoms. The number of nitrogens with one attached hydrogen (secondary N) is 1. The van der Waals surface area contributed by atoms with E-state index in [0.717, 1.165) is 12.1 Å². The first-order chi connectivity index (χ1) is 10.8. The maximum atomic E-state index is 12.3. The zero-order valence-electron chi connectivity index (χ0n) is 14.1. The summed E-state index contributed by atoms with van der Waals surface area (Å²) in [5.41, 5.74) is 2.07. The van der Waals surface area contributed by atoms with Gasteiger partial charge in [0.1, 0.15) is 0 Å². The van der Waals surface area contributed by atoms with E-state index in [1.807, 2.05) is 12.1 Å². The molecule has 0 spiro atoms. The van der Waals surface area contributed by atoms with Crippen LogP contribution in [0.25, 0.3) is 0 Å². The van der Waals surface area contributed by atoms with Gasteiger partial charge in [-0.2, -0.15) is 0 Å². The number of anilines is 1. The molecule has 1 aliphatic rings. The molecule has 6 heteroatoms. The van der Waals surface area contributed by atoms with E-state index in [0.29, 0.717) is 31.8 Å². The monoisotopic (exact) mass is 338 g/mol. The second kappa shape index (κ2) is 7.45. The maximum absolute atomic E-state index is 12.3. The van der Waals surface area contributed by atoms with Gasteiger partial charge in [0.05, 0.1) is 6.26 Å². The third-order valence-electron chi connectivity index (χ3n) is 4.65. The molecule has 5 nitrogen and oxygen atoms in total. The van der Waals surface area contributed by atoms with Crippen LogP contribution in [0.3, 0.4) is 0 Å². The van der Waals surface area contributed by atoms with E-state index in [4.69, 9.17) is 0 Å². The van der Waals surface area contributed by atoms with Gasteiger partial charge in [0.2, 0.25) is 15.9 Å². The summed E-state index contributed by atoms with van der Waals surface area (Å²) in [6, 6.07) is 7.97. The first-order valence-corrected chi connectivity index (χ1v) is 10.0. The molecule has 1 saturated heterocycles. The van der Waals surface area contributed by atoms with Crippen LogP contribution in [0.2, 0.25) is 0 Å². The van der Waals surface area contributed by atoms with Gasteiger partial charge >= 0.3 is 0 Å². The summed E-state index contributed by atoms with van der Waals surface area (Å²) < 4.78 is 24.4. The largest absolute Gasteiger partial charge is 0.326 e. The van der Waals surface area contributed by atoms with Crippen molar-refractivity contribution in [1.29, 1.82) is 0 Å². The normalized spacial score (nSPS) is 18.6. The lowest BCUT2D eigenvalue weighted by molar-refractivity contribution is -0.120. The standard InChI is InChI=1S/C17H26N2O3S/c1-4-13(2)14-5-7-16(8-6-14)18-17(20)15-9-11-19(12-10-15)23(3,21)22/h5-8,13,15H,4,9-12H2,1-3H3,(H,18,20). The summed E-state index contributed by atoms with van der Waals surface area (Å²) in [5.74, 6) is 0.372. The van der Waals surface area contributed by atoms with E-state index in [2.05, 4.69) is 31.3 Å². The van der Waals surface area contributed by atoms with Crippen LogP contribution in [-0.4, -0.2) is 38.0 Å². The third-order valence-corrected chi connectivity index (χ3v) is 5.96. The number of benzene rings is 1. The first kappa shape index (κ1) is 17.9. The van der Waals surface area contributed by atoms with Gasteiger partial charge in [-0.15, -0.1) is 0 Å². The number of rotatable bonds is 5. The van der Waals surface area contributed by atoms with Crippen molar-refractivity contribution >= 4 is 21.6 Å². The van der Waals surface area contributed by atoms with E-state index in [-0.39, 0.29) is 11.8 Å². The molecule has 0 aliphatic carbocycles. The number of piperidine rings is 1. The minimum absolute atomic E-state index is 0.0190. The second-order valence-corrected chi connectivity index (χ2v) is 8.34. The molecule has 128 valence electrons. The fraction of sp³-hybridized carbons (Fsp3) is 0.588. The summed E-state index contributed by atoms with van der Waals surface area (Å²) >= 11 is 0. The minimum atomic E-state index is -3.15. The second-order valence-electron chi connectivity index (χ2n) is 6.36. The molecule has 1 N–H and O–H groups in total. The summed E-state index contributed by atoms with van der Waals surface area (Å²) in [5, 5.41) is 2.94. The Morgan fingerprint density at radius 1 is 1.26 bits per heavy atom. The average molecular weight is 338 g/mol. The Bertz CT molecular complexity index is 632. The van der Waals surface area contributed by atoms with Crippen LogP contribution in [0.1, 0.15) is 44.6 Å². The third kappa shape index (κ3) is 4.78. The highest BCUT2D eigenvalue weighted by Gasteiger charge is 2.28. The Morgan fingerprint density at radius 2 is 1.83 bits per heavy atom. The van der Waals surface area contributed by atoms with Gasteiger partial charge in [0.15, 0.2) is 0 Å². The van der Waals surface area contributed by atoms with E-state index in [1.165, 1.54) is 16.1 Å². The van der Waals surface area contributed by atoms with Gasteiger partial charge in [-0.05, 0) is 42.9 Å². The van der Waals surface area contributed by atoms with Crippen LogP contribution in [-0.2, 0) is 14.8 Å². The van der Waals surface area contributed by atoms with E-state index in [9.17, 15) is 13.2 Å². The highest BCUT2D eigenvalue weighted by molar-refractivity contribution is 7.88. The summed E-state index contributed by atoms with van der Waals surface area (Å²) in [6.07, 6.45) is 3.45. The number of nitrogens with zero attached hydrogens (tertiary/aromatic N) is 1. The Morgan fingerprint density at radius 3 is 2.30 bits per heavy atom. The Hall–Kier alpha value is -1.40.